The van der Waals surface area contributed by atoms with Gasteiger partial charge in [0.1, 0.15) is 6.61 Å². The van der Waals surface area contributed by atoms with E-state index in [9.17, 15) is 4.79 Å². The second-order valence-corrected chi connectivity index (χ2v) is 11.8. The lowest BCUT2D eigenvalue weighted by atomic mass is 10.1. The van der Waals surface area contributed by atoms with Gasteiger partial charge in [-0.15, -0.1) is 0 Å². The highest BCUT2D eigenvalue weighted by Gasteiger charge is 2.03. The maximum Gasteiger partial charge on any atom is 0.305 e. The number of aliphatic hydroxyl groups is 1. The molecule has 0 rings (SSSR count). The van der Waals surface area contributed by atoms with Crippen LogP contribution in [-0.4, -0.2) is 143 Å². The van der Waals surface area contributed by atoms with E-state index in [1.165, 1.54) is 70.6 Å². The minimum Gasteiger partial charge on any atom is -0.463 e. The number of hydrogen-bond acceptors (Lipinski definition) is 12. The number of carbonyl (C=O) groups is 1. The summed E-state index contributed by atoms with van der Waals surface area (Å²) >= 11 is 0. The van der Waals surface area contributed by atoms with E-state index in [4.69, 9.17) is 52.5 Å². The first kappa shape index (κ1) is 48.8. The van der Waals surface area contributed by atoms with Crippen molar-refractivity contribution in [3.8, 4) is 0 Å². The summed E-state index contributed by atoms with van der Waals surface area (Å²) in [5.74, 6) is -0.142. The van der Waals surface area contributed by atoms with Crippen LogP contribution in [0.5, 0.6) is 0 Å². The lowest BCUT2D eigenvalue weighted by molar-refractivity contribution is -0.145. The number of aliphatic hydroxyl groups excluding tert-OH is 1. The smallest absolute Gasteiger partial charge is 0.305 e. The van der Waals surface area contributed by atoms with Crippen LogP contribution in [0.3, 0.4) is 0 Å². The molecule has 0 aromatic rings. The van der Waals surface area contributed by atoms with E-state index in [0.29, 0.717) is 125 Å². The van der Waals surface area contributed by atoms with E-state index in [0.717, 1.165) is 12.8 Å². The third-order valence-corrected chi connectivity index (χ3v) is 7.35. The quantitative estimate of drug-likeness (QED) is 0.0470. The van der Waals surface area contributed by atoms with Crippen LogP contribution in [0, 0.1) is 0 Å². The van der Waals surface area contributed by atoms with Crippen LogP contribution in [0.2, 0.25) is 0 Å². The molecule has 0 spiro atoms. The van der Waals surface area contributed by atoms with Crippen LogP contribution in [0.4, 0.5) is 0 Å². The zero-order chi connectivity index (χ0) is 36.1. The zero-order valence-corrected chi connectivity index (χ0v) is 31.6. The maximum atomic E-state index is 11.9. The predicted molar refractivity (Wildman–Crippen MR) is 195 cm³/mol. The third-order valence-electron chi connectivity index (χ3n) is 7.35. The number of esters is 1. The first-order valence-electron chi connectivity index (χ1n) is 19.4. The maximum absolute atomic E-state index is 11.9. The van der Waals surface area contributed by atoms with Crippen LogP contribution in [0.1, 0.15) is 96.8 Å². The molecule has 1 N–H and O–H groups in total. The Labute approximate surface area is 304 Å². The fourth-order valence-corrected chi connectivity index (χ4v) is 4.55. The van der Waals surface area contributed by atoms with Crippen molar-refractivity contribution in [1.82, 2.24) is 0 Å². The molecule has 0 aromatic heterocycles. The van der Waals surface area contributed by atoms with Crippen molar-refractivity contribution < 1.29 is 57.3 Å². The highest BCUT2D eigenvalue weighted by atomic mass is 16.6. The number of unbranched alkanes of at least 4 members (excludes halogenated alkanes) is 11. The molecule has 0 saturated carbocycles. The van der Waals surface area contributed by atoms with Gasteiger partial charge in [-0.3, -0.25) is 4.79 Å². The molecule has 0 amide bonds. The summed E-state index contributed by atoms with van der Waals surface area (Å²) in [5.41, 5.74) is 0. The molecule has 0 unspecified atom stereocenters. The minimum atomic E-state index is -0.142. The van der Waals surface area contributed by atoms with Gasteiger partial charge in [-0.05, 0) is 32.1 Å². The summed E-state index contributed by atoms with van der Waals surface area (Å²) in [4.78, 5) is 11.9. The summed E-state index contributed by atoms with van der Waals surface area (Å²) in [7, 11) is 0. The number of rotatable bonds is 44. The van der Waals surface area contributed by atoms with Gasteiger partial charge in [-0.1, -0.05) is 70.4 Å². The number of carbonyl (C=O) groups excluding carboxylic acids is 1. The van der Waals surface area contributed by atoms with Gasteiger partial charge in [-0.2, -0.15) is 0 Å². The summed E-state index contributed by atoms with van der Waals surface area (Å²) < 4.78 is 53.9. The molecule has 0 bridgehead atoms. The highest BCUT2D eigenvalue weighted by Crippen LogP contribution is 2.10. The van der Waals surface area contributed by atoms with E-state index in [2.05, 4.69) is 19.1 Å². The summed E-state index contributed by atoms with van der Waals surface area (Å²) in [6.45, 7) is 11.1. The molecule has 0 saturated heterocycles. The van der Waals surface area contributed by atoms with Gasteiger partial charge in [0.2, 0.25) is 0 Å². The van der Waals surface area contributed by atoms with Gasteiger partial charge in [0.15, 0.2) is 0 Å². The molecule has 0 aliphatic carbocycles. The first-order chi connectivity index (χ1) is 24.8. The molecule has 50 heavy (non-hydrogen) atoms. The number of allylic oxidation sites excluding steroid dienone is 2. The molecule has 0 aromatic carbocycles. The third kappa shape index (κ3) is 44.8. The topological polar surface area (TPSA) is 130 Å². The molecule has 12 heteroatoms. The fraction of sp³-hybridized carbons (Fsp3) is 0.921. The summed E-state index contributed by atoms with van der Waals surface area (Å²) in [5, 5.41) is 8.59. The van der Waals surface area contributed by atoms with Gasteiger partial charge in [0.25, 0.3) is 0 Å². The number of hydrogen-bond donors (Lipinski definition) is 1. The minimum absolute atomic E-state index is 0.0242. The Bertz CT molecular complexity index is 668. The van der Waals surface area contributed by atoms with Crippen LogP contribution >= 0.6 is 0 Å². The van der Waals surface area contributed by atoms with Crippen LogP contribution < -0.4 is 0 Å². The second-order valence-electron chi connectivity index (χ2n) is 11.8. The Balaban J connectivity index is 3.15. The average molecular weight is 723 g/mol. The molecule has 0 fully saturated rings. The normalized spacial score (nSPS) is 11.6. The lowest BCUT2D eigenvalue weighted by Crippen LogP contribution is -2.15. The van der Waals surface area contributed by atoms with Crippen molar-refractivity contribution >= 4 is 5.97 Å². The van der Waals surface area contributed by atoms with Crippen LogP contribution in [0.25, 0.3) is 0 Å². The lowest BCUT2D eigenvalue weighted by Gasteiger charge is -2.09. The molecular weight excluding hydrogens is 648 g/mol. The largest absolute Gasteiger partial charge is 0.463 e. The van der Waals surface area contributed by atoms with E-state index < -0.39 is 0 Å². The van der Waals surface area contributed by atoms with Crippen LogP contribution in [0.15, 0.2) is 12.2 Å². The van der Waals surface area contributed by atoms with Gasteiger partial charge >= 0.3 is 5.97 Å². The SMILES string of the molecule is CCCCCCCC/C=C/CCCCCCCC(=O)OCCOCCOCCOCCOCCOCCOCCOCCOCCOCCO. The Hall–Kier alpha value is -1.19. The van der Waals surface area contributed by atoms with Crippen LogP contribution in [-0.2, 0) is 52.2 Å². The van der Waals surface area contributed by atoms with E-state index >= 15 is 0 Å². The Morgan fingerprint density at radius 1 is 0.400 bits per heavy atom. The van der Waals surface area contributed by atoms with Crippen molar-refractivity contribution in [1.29, 1.82) is 0 Å². The Morgan fingerprint density at radius 3 is 1.06 bits per heavy atom. The molecule has 0 aliphatic heterocycles. The van der Waals surface area contributed by atoms with Crippen molar-refractivity contribution in [2.45, 2.75) is 96.8 Å². The fourth-order valence-electron chi connectivity index (χ4n) is 4.55. The van der Waals surface area contributed by atoms with Crippen molar-refractivity contribution in [3.63, 3.8) is 0 Å². The second kappa shape index (κ2) is 45.8. The zero-order valence-electron chi connectivity index (χ0n) is 31.6. The van der Waals surface area contributed by atoms with E-state index in [1.54, 1.807) is 0 Å². The Kier molecular flexibility index (Phi) is 44.7. The first-order valence-corrected chi connectivity index (χ1v) is 19.4. The van der Waals surface area contributed by atoms with E-state index in [1.807, 2.05) is 0 Å². The van der Waals surface area contributed by atoms with E-state index in [-0.39, 0.29) is 19.2 Å². The van der Waals surface area contributed by atoms with Gasteiger partial charge in [0, 0.05) is 6.42 Å². The predicted octanol–water partition coefficient (Wildman–Crippen LogP) is 5.71. The molecular formula is C38H74O12. The van der Waals surface area contributed by atoms with Gasteiger partial charge in [-0.25, -0.2) is 0 Å². The molecule has 0 heterocycles. The number of ether oxygens (including phenoxy) is 10. The molecule has 12 nitrogen and oxygen atoms in total. The average Bonchev–Trinajstić information content (AvgIpc) is 3.12. The molecule has 298 valence electrons. The monoisotopic (exact) mass is 723 g/mol. The van der Waals surface area contributed by atoms with Crippen molar-refractivity contribution in [2.24, 2.45) is 0 Å². The molecule has 0 aliphatic rings. The molecule has 0 radical (unpaired) electrons. The van der Waals surface area contributed by atoms with Crippen molar-refractivity contribution in [2.75, 3.05) is 132 Å². The summed E-state index contributed by atoms with van der Waals surface area (Å²) in [6.07, 6.45) is 21.3. The van der Waals surface area contributed by atoms with Crippen molar-refractivity contribution in [3.05, 3.63) is 12.2 Å². The highest BCUT2D eigenvalue weighted by molar-refractivity contribution is 5.69. The van der Waals surface area contributed by atoms with Gasteiger partial charge < -0.3 is 52.5 Å². The van der Waals surface area contributed by atoms with Gasteiger partial charge in [0.05, 0.1) is 126 Å². The molecule has 0 atom stereocenters. The standard InChI is InChI=1S/C38H74O12/c1-2-3-4-5-6-7-8-9-10-11-12-13-14-15-16-17-38(40)50-37-36-49-35-34-48-33-32-47-31-30-46-29-28-45-27-26-44-25-24-43-23-22-42-21-20-41-19-18-39/h9-10,39H,2-8,11-37H2,1H3/b10-9+. The Morgan fingerprint density at radius 2 is 0.700 bits per heavy atom. The summed E-state index contributed by atoms with van der Waals surface area (Å²) in [6, 6.07) is 0.